The Morgan fingerprint density at radius 3 is 2.81 bits per heavy atom. The quantitative estimate of drug-likeness (QED) is 0.695. The lowest BCUT2D eigenvalue weighted by Crippen LogP contribution is -2.11. The predicted molar refractivity (Wildman–Crippen MR) is 67.4 cm³/mol. The van der Waals surface area contributed by atoms with Crippen LogP contribution in [0.1, 0.15) is 20.3 Å². The first-order valence-electron chi connectivity index (χ1n) is 5.71. The Balaban J connectivity index is 2.05. The Hall–Kier alpha value is -1.29. The van der Waals surface area contributed by atoms with Gasteiger partial charge >= 0.3 is 0 Å². The standard InChI is InChI=1S/C12H21N3O/c1-10(2)5-7-16-8-6-14-11-3-4-12(13)15-9-11/h3-4,9-10,14H,5-8H2,1-2H3,(H2,13,15). The van der Waals surface area contributed by atoms with Gasteiger partial charge in [0.15, 0.2) is 0 Å². The number of pyridine rings is 1. The molecule has 0 fully saturated rings. The number of nitrogens with two attached hydrogens (primary N) is 1. The summed E-state index contributed by atoms with van der Waals surface area (Å²) in [5.41, 5.74) is 6.46. The van der Waals surface area contributed by atoms with Crippen molar-refractivity contribution >= 4 is 11.5 Å². The van der Waals surface area contributed by atoms with E-state index in [1.165, 1.54) is 0 Å². The van der Waals surface area contributed by atoms with Crippen molar-refractivity contribution in [2.24, 2.45) is 5.92 Å². The minimum Gasteiger partial charge on any atom is -0.384 e. The van der Waals surface area contributed by atoms with E-state index in [9.17, 15) is 0 Å². The van der Waals surface area contributed by atoms with Crippen molar-refractivity contribution in [3.05, 3.63) is 18.3 Å². The molecule has 4 nitrogen and oxygen atoms in total. The Morgan fingerprint density at radius 2 is 2.19 bits per heavy atom. The Morgan fingerprint density at radius 1 is 1.38 bits per heavy atom. The zero-order chi connectivity index (χ0) is 11.8. The van der Waals surface area contributed by atoms with E-state index in [2.05, 4.69) is 24.1 Å². The summed E-state index contributed by atoms with van der Waals surface area (Å²) in [4.78, 5) is 3.99. The molecule has 0 atom stereocenters. The molecule has 1 aromatic rings. The van der Waals surface area contributed by atoms with Gasteiger partial charge in [-0.15, -0.1) is 0 Å². The van der Waals surface area contributed by atoms with Gasteiger partial charge < -0.3 is 15.8 Å². The van der Waals surface area contributed by atoms with Gasteiger partial charge in [-0.2, -0.15) is 0 Å². The predicted octanol–water partition coefficient (Wildman–Crippen LogP) is 2.14. The summed E-state index contributed by atoms with van der Waals surface area (Å²) in [5, 5.41) is 3.22. The van der Waals surface area contributed by atoms with Crippen LogP contribution in [0.2, 0.25) is 0 Å². The van der Waals surface area contributed by atoms with Gasteiger partial charge in [-0.3, -0.25) is 0 Å². The number of nitrogens with zero attached hydrogens (tertiary/aromatic N) is 1. The van der Waals surface area contributed by atoms with Crippen molar-refractivity contribution < 1.29 is 4.74 Å². The topological polar surface area (TPSA) is 60.2 Å². The smallest absolute Gasteiger partial charge is 0.123 e. The van der Waals surface area contributed by atoms with Crippen molar-refractivity contribution in [3.8, 4) is 0 Å². The third-order valence-electron chi connectivity index (χ3n) is 2.20. The molecular formula is C12H21N3O. The summed E-state index contributed by atoms with van der Waals surface area (Å²) < 4.78 is 5.48. The Bertz CT molecular complexity index is 285. The van der Waals surface area contributed by atoms with Gasteiger partial charge in [-0.25, -0.2) is 4.98 Å². The maximum atomic E-state index is 5.49. The van der Waals surface area contributed by atoms with Crippen LogP contribution in [0, 0.1) is 5.92 Å². The fraction of sp³-hybridized carbons (Fsp3) is 0.583. The average Bonchev–Trinajstić information content (AvgIpc) is 2.25. The van der Waals surface area contributed by atoms with Crippen LogP contribution in [0.25, 0.3) is 0 Å². The molecule has 0 saturated heterocycles. The molecule has 0 aliphatic heterocycles. The SMILES string of the molecule is CC(C)CCOCCNc1ccc(N)nc1. The molecule has 0 saturated carbocycles. The van der Waals surface area contributed by atoms with Gasteiger partial charge in [0.25, 0.3) is 0 Å². The van der Waals surface area contributed by atoms with Crippen LogP contribution in [-0.2, 0) is 4.74 Å². The lowest BCUT2D eigenvalue weighted by atomic mass is 10.1. The van der Waals surface area contributed by atoms with Gasteiger partial charge in [0.1, 0.15) is 5.82 Å². The number of hydrogen-bond acceptors (Lipinski definition) is 4. The molecule has 0 spiro atoms. The molecule has 4 heteroatoms. The average molecular weight is 223 g/mol. The summed E-state index contributed by atoms with van der Waals surface area (Å²) in [5.74, 6) is 1.24. The molecule has 90 valence electrons. The summed E-state index contributed by atoms with van der Waals surface area (Å²) in [6.07, 6.45) is 2.84. The first-order valence-corrected chi connectivity index (χ1v) is 5.71. The monoisotopic (exact) mass is 223 g/mol. The van der Waals surface area contributed by atoms with E-state index in [1.807, 2.05) is 6.07 Å². The van der Waals surface area contributed by atoms with Crippen molar-refractivity contribution in [2.75, 3.05) is 30.8 Å². The minimum absolute atomic E-state index is 0.540. The zero-order valence-electron chi connectivity index (χ0n) is 10.1. The maximum Gasteiger partial charge on any atom is 0.123 e. The highest BCUT2D eigenvalue weighted by Crippen LogP contribution is 2.06. The number of aromatic nitrogens is 1. The second-order valence-electron chi connectivity index (χ2n) is 4.19. The van der Waals surface area contributed by atoms with E-state index >= 15 is 0 Å². The first-order chi connectivity index (χ1) is 7.68. The van der Waals surface area contributed by atoms with Gasteiger partial charge in [0, 0.05) is 13.2 Å². The Labute approximate surface area is 97.2 Å². The van der Waals surface area contributed by atoms with Gasteiger partial charge in [0.05, 0.1) is 18.5 Å². The van der Waals surface area contributed by atoms with E-state index in [4.69, 9.17) is 10.5 Å². The van der Waals surface area contributed by atoms with Crippen molar-refractivity contribution in [1.29, 1.82) is 0 Å². The van der Waals surface area contributed by atoms with Crippen molar-refractivity contribution in [1.82, 2.24) is 4.98 Å². The third-order valence-corrected chi connectivity index (χ3v) is 2.20. The number of anilines is 2. The summed E-state index contributed by atoms with van der Waals surface area (Å²) in [6, 6.07) is 3.69. The van der Waals surface area contributed by atoms with Crippen LogP contribution in [0.3, 0.4) is 0 Å². The molecule has 0 radical (unpaired) electrons. The number of nitrogen functional groups attached to an aromatic ring is 1. The van der Waals surface area contributed by atoms with Crippen LogP contribution in [-0.4, -0.2) is 24.7 Å². The number of rotatable bonds is 7. The van der Waals surface area contributed by atoms with E-state index in [0.717, 1.165) is 31.9 Å². The fourth-order valence-electron chi connectivity index (χ4n) is 1.20. The largest absolute Gasteiger partial charge is 0.384 e. The van der Waals surface area contributed by atoms with Crippen LogP contribution in [0.5, 0.6) is 0 Å². The lowest BCUT2D eigenvalue weighted by molar-refractivity contribution is 0.132. The normalized spacial score (nSPS) is 10.7. The molecule has 0 bridgehead atoms. The number of hydrogen-bond donors (Lipinski definition) is 2. The van der Waals surface area contributed by atoms with E-state index in [1.54, 1.807) is 12.3 Å². The molecule has 0 aliphatic carbocycles. The van der Waals surface area contributed by atoms with Gasteiger partial charge in [0.2, 0.25) is 0 Å². The fourth-order valence-corrected chi connectivity index (χ4v) is 1.20. The molecule has 0 amide bonds. The molecule has 1 aromatic heterocycles. The van der Waals surface area contributed by atoms with E-state index in [-0.39, 0.29) is 0 Å². The molecule has 1 heterocycles. The second-order valence-corrected chi connectivity index (χ2v) is 4.19. The van der Waals surface area contributed by atoms with Crippen molar-refractivity contribution in [2.45, 2.75) is 20.3 Å². The molecule has 16 heavy (non-hydrogen) atoms. The summed E-state index contributed by atoms with van der Waals surface area (Å²) in [6.45, 7) is 6.74. The van der Waals surface area contributed by atoms with Crippen molar-refractivity contribution in [3.63, 3.8) is 0 Å². The molecule has 3 N–H and O–H groups in total. The maximum absolute atomic E-state index is 5.49. The summed E-state index contributed by atoms with van der Waals surface area (Å²) >= 11 is 0. The van der Waals surface area contributed by atoms with Crippen LogP contribution in [0.4, 0.5) is 11.5 Å². The van der Waals surface area contributed by atoms with Crippen LogP contribution in [0.15, 0.2) is 18.3 Å². The van der Waals surface area contributed by atoms with Crippen LogP contribution < -0.4 is 11.1 Å². The molecule has 1 rings (SSSR count). The highest BCUT2D eigenvalue weighted by Gasteiger charge is 1.95. The molecule has 0 unspecified atom stereocenters. The second kappa shape index (κ2) is 7.06. The third kappa shape index (κ3) is 5.56. The summed E-state index contributed by atoms with van der Waals surface area (Å²) in [7, 11) is 0. The first kappa shape index (κ1) is 12.8. The van der Waals surface area contributed by atoms with E-state index in [0.29, 0.717) is 11.7 Å². The molecular weight excluding hydrogens is 202 g/mol. The molecule has 0 aliphatic rings. The zero-order valence-corrected chi connectivity index (χ0v) is 10.1. The van der Waals surface area contributed by atoms with E-state index < -0.39 is 0 Å². The number of ether oxygens (including phenoxy) is 1. The number of nitrogens with one attached hydrogen (secondary N) is 1. The highest BCUT2D eigenvalue weighted by atomic mass is 16.5. The highest BCUT2D eigenvalue weighted by molar-refractivity contribution is 5.45. The Kier molecular flexibility index (Phi) is 5.64. The van der Waals surface area contributed by atoms with Gasteiger partial charge in [-0.05, 0) is 24.5 Å². The van der Waals surface area contributed by atoms with Gasteiger partial charge in [-0.1, -0.05) is 13.8 Å². The minimum atomic E-state index is 0.540. The van der Waals surface area contributed by atoms with Crippen LogP contribution >= 0.6 is 0 Å². The lowest BCUT2D eigenvalue weighted by Gasteiger charge is -2.08. The molecule has 0 aromatic carbocycles.